The second-order valence-corrected chi connectivity index (χ2v) is 5.55. The van der Waals surface area contributed by atoms with Crippen LogP contribution in [0.2, 0.25) is 0 Å². The fraction of sp³-hybridized carbons (Fsp3) is 0.267. The first kappa shape index (κ1) is 17.5. The number of nitrogens with two attached hydrogens (primary N) is 1. The van der Waals surface area contributed by atoms with E-state index in [1.54, 1.807) is 30.8 Å². The van der Waals surface area contributed by atoms with Crippen LogP contribution in [0.5, 0.6) is 11.5 Å². The third-order valence-corrected chi connectivity index (χ3v) is 3.58. The summed E-state index contributed by atoms with van der Waals surface area (Å²) >= 11 is 1.37. The van der Waals surface area contributed by atoms with Gasteiger partial charge in [-0.2, -0.15) is 5.10 Å². The molecule has 0 fully saturated rings. The van der Waals surface area contributed by atoms with E-state index in [0.29, 0.717) is 35.6 Å². The Morgan fingerprint density at radius 1 is 1.46 bits per heavy atom. The summed E-state index contributed by atoms with van der Waals surface area (Å²) in [6, 6.07) is 5.43. The zero-order valence-corrected chi connectivity index (χ0v) is 14.2. The topological polar surface area (TPSA) is 111 Å². The minimum Gasteiger partial charge on any atom is -0.493 e. The van der Waals surface area contributed by atoms with Gasteiger partial charge in [0.15, 0.2) is 11.5 Å². The van der Waals surface area contributed by atoms with E-state index in [9.17, 15) is 4.79 Å². The number of carbonyl (C=O) groups is 1. The lowest BCUT2D eigenvalue weighted by molar-refractivity contribution is -0.119. The Labute approximate surface area is 143 Å². The van der Waals surface area contributed by atoms with Crippen molar-refractivity contribution >= 4 is 34.4 Å². The molecule has 0 aliphatic heterocycles. The zero-order chi connectivity index (χ0) is 17.4. The van der Waals surface area contributed by atoms with Crippen molar-refractivity contribution < 1.29 is 14.3 Å². The van der Waals surface area contributed by atoms with E-state index in [2.05, 4.69) is 20.8 Å². The molecule has 0 bridgehead atoms. The predicted octanol–water partition coefficient (Wildman–Crippen LogP) is 1.69. The molecule has 1 aromatic heterocycles. The van der Waals surface area contributed by atoms with Crippen LogP contribution < -0.4 is 25.9 Å². The molecule has 128 valence electrons. The molecule has 1 heterocycles. The molecule has 2 rings (SSSR count). The van der Waals surface area contributed by atoms with Gasteiger partial charge in [0.1, 0.15) is 12.4 Å². The van der Waals surface area contributed by atoms with E-state index < -0.39 is 0 Å². The van der Waals surface area contributed by atoms with Gasteiger partial charge in [-0.15, -0.1) is 11.3 Å². The average molecular weight is 349 g/mol. The minimum atomic E-state index is -0.0911. The molecular weight excluding hydrogens is 330 g/mol. The highest BCUT2D eigenvalue weighted by Crippen LogP contribution is 2.27. The highest BCUT2D eigenvalue weighted by atomic mass is 32.1. The summed E-state index contributed by atoms with van der Waals surface area (Å²) in [6.45, 7) is 2.25. The first-order valence-corrected chi connectivity index (χ1v) is 8.02. The number of thiazole rings is 1. The Hall–Kier alpha value is -2.81. The molecule has 4 N–H and O–H groups in total. The second-order valence-electron chi connectivity index (χ2n) is 4.69. The van der Waals surface area contributed by atoms with Gasteiger partial charge in [-0.05, 0) is 23.8 Å². The summed E-state index contributed by atoms with van der Waals surface area (Å²) in [7, 11) is 1.56. The van der Waals surface area contributed by atoms with Crippen molar-refractivity contribution in [2.24, 2.45) is 5.10 Å². The highest BCUT2D eigenvalue weighted by molar-refractivity contribution is 7.14. The van der Waals surface area contributed by atoms with Gasteiger partial charge in [0.05, 0.1) is 19.9 Å². The van der Waals surface area contributed by atoms with Crippen LogP contribution >= 0.6 is 11.3 Å². The molecule has 0 spiro atoms. The number of amides is 1. The first-order chi connectivity index (χ1) is 11.6. The number of carbonyl (C=O) groups excluding carboxylic acids is 1. The molecule has 0 aliphatic rings. The minimum absolute atomic E-state index is 0.0911. The maximum absolute atomic E-state index is 10.8. The molecule has 1 amide bonds. The standard InChI is InChI=1S/C15H19N5O3S/c1-10(21)17-5-6-23-12-4-3-11(7-13(12)22-2)8-18-20-15-19-14(16)9-24-15/h3-4,7-9H,5-6,16H2,1-2H3,(H,17,21)(H,19,20). The Morgan fingerprint density at radius 3 is 2.96 bits per heavy atom. The summed E-state index contributed by atoms with van der Waals surface area (Å²) in [4.78, 5) is 14.8. The van der Waals surface area contributed by atoms with Gasteiger partial charge in [0.2, 0.25) is 11.0 Å². The normalized spacial score (nSPS) is 10.6. The van der Waals surface area contributed by atoms with Crippen LogP contribution in [0.4, 0.5) is 10.9 Å². The Balaban J connectivity index is 1.93. The lowest BCUT2D eigenvalue weighted by Crippen LogP contribution is -2.25. The number of aromatic nitrogens is 1. The van der Waals surface area contributed by atoms with Crippen LogP contribution in [0.25, 0.3) is 0 Å². The third kappa shape index (κ3) is 5.43. The van der Waals surface area contributed by atoms with Gasteiger partial charge < -0.3 is 20.5 Å². The largest absolute Gasteiger partial charge is 0.493 e. The van der Waals surface area contributed by atoms with Crippen LogP contribution in [-0.2, 0) is 4.79 Å². The molecule has 2 aromatic rings. The van der Waals surface area contributed by atoms with Crippen LogP contribution in [0, 0.1) is 0 Å². The van der Waals surface area contributed by atoms with Crippen LogP contribution in [0.15, 0.2) is 28.7 Å². The lowest BCUT2D eigenvalue weighted by Gasteiger charge is -2.11. The van der Waals surface area contributed by atoms with E-state index in [-0.39, 0.29) is 5.91 Å². The van der Waals surface area contributed by atoms with Gasteiger partial charge in [-0.3, -0.25) is 10.2 Å². The summed E-state index contributed by atoms with van der Waals surface area (Å²) in [5.41, 5.74) is 9.17. The number of hydrogen-bond donors (Lipinski definition) is 3. The SMILES string of the molecule is COc1cc(C=NNc2nc(N)cs2)ccc1OCCNC(C)=O. The number of nitrogens with one attached hydrogen (secondary N) is 2. The number of methoxy groups -OCH3 is 1. The van der Waals surface area contributed by atoms with Crippen LogP contribution in [-0.4, -0.2) is 37.4 Å². The van der Waals surface area contributed by atoms with E-state index >= 15 is 0 Å². The van der Waals surface area contributed by atoms with Crippen molar-refractivity contribution in [2.75, 3.05) is 31.4 Å². The smallest absolute Gasteiger partial charge is 0.216 e. The molecule has 9 heteroatoms. The summed E-state index contributed by atoms with van der Waals surface area (Å²) < 4.78 is 10.9. The van der Waals surface area contributed by atoms with Crippen LogP contribution in [0.3, 0.4) is 0 Å². The Bertz CT molecular complexity index is 717. The number of rotatable bonds is 8. The van der Waals surface area contributed by atoms with Gasteiger partial charge in [-0.25, -0.2) is 4.98 Å². The number of benzene rings is 1. The van der Waals surface area contributed by atoms with Gasteiger partial charge in [-0.1, -0.05) is 0 Å². The lowest BCUT2D eigenvalue weighted by atomic mass is 10.2. The molecule has 0 radical (unpaired) electrons. The number of anilines is 2. The molecule has 0 saturated carbocycles. The number of nitrogen functional groups attached to an aromatic ring is 1. The zero-order valence-electron chi connectivity index (χ0n) is 13.4. The summed E-state index contributed by atoms with van der Waals surface area (Å²) in [5.74, 6) is 1.55. The fourth-order valence-corrected chi connectivity index (χ4v) is 2.32. The number of hydrazone groups is 1. The number of ether oxygens (including phenoxy) is 2. The third-order valence-electron chi connectivity index (χ3n) is 2.82. The highest BCUT2D eigenvalue weighted by Gasteiger charge is 2.05. The Kier molecular flexibility index (Phi) is 6.38. The summed E-state index contributed by atoms with van der Waals surface area (Å²) in [6.07, 6.45) is 1.64. The molecule has 1 aromatic carbocycles. The van der Waals surface area contributed by atoms with E-state index in [0.717, 1.165) is 5.56 Å². The molecule has 0 unspecified atom stereocenters. The molecular formula is C15H19N5O3S. The van der Waals surface area contributed by atoms with Crippen molar-refractivity contribution in [2.45, 2.75) is 6.92 Å². The quantitative estimate of drug-likeness (QED) is 0.380. The van der Waals surface area contributed by atoms with Crippen molar-refractivity contribution in [3.05, 3.63) is 29.1 Å². The molecule has 8 nitrogen and oxygen atoms in total. The van der Waals surface area contributed by atoms with Crippen molar-refractivity contribution in [3.63, 3.8) is 0 Å². The van der Waals surface area contributed by atoms with Gasteiger partial charge in [0, 0.05) is 12.3 Å². The van der Waals surface area contributed by atoms with Crippen molar-refractivity contribution in [3.8, 4) is 11.5 Å². The van der Waals surface area contributed by atoms with Crippen LogP contribution in [0.1, 0.15) is 12.5 Å². The number of hydrogen-bond acceptors (Lipinski definition) is 8. The summed E-state index contributed by atoms with van der Waals surface area (Å²) in [5, 5.41) is 9.11. The maximum Gasteiger partial charge on any atom is 0.216 e. The first-order valence-electron chi connectivity index (χ1n) is 7.14. The molecule has 0 atom stereocenters. The van der Waals surface area contributed by atoms with E-state index in [4.69, 9.17) is 15.2 Å². The maximum atomic E-state index is 10.8. The number of nitrogens with zero attached hydrogens (tertiary/aromatic N) is 2. The molecule has 0 saturated heterocycles. The second kappa shape index (κ2) is 8.73. The van der Waals surface area contributed by atoms with Gasteiger partial charge >= 0.3 is 0 Å². The van der Waals surface area contributed by atoms with E-state index in [1.807, 2.05) is 6.07 Å². The van der Waals surface area contributed by atoms with Gasteiger partial charge in [0.25, 0.3) is 0 Å². The van der Waals surface area contributed by atoms with Crippen molar-refractivity contribution in [1.82, 2.24) is 10.3 Å². The monoisotopic (exact) mass is 349 g/mol. The molecule has 24 heavy (non-hydrogen) atoms. The van der Waals surface area contributed by atoms with Crippen molar-refractivity contribution in [1.29, 1.82) is 0 Å². The fourth-order valence-electron chi connectivity index (χ4n) is 1.77. The average Bonchev–Trinajstić information content (AvgIpc) is 2.97. The molecule has 0 aliphatic carbocycles. The van der Waals surface area contributed by atoms with E-state index in [1.165, 1.54) is 18.3 Å². The predicted molar refractivity (Wildman–Crippen MR) is 94.9 cm³/mol. The Morgan fingerprint density at radius 2 is 2.29 bits per heavy atom.